The van der Waals surface area contributed by atoms with Crippen LogP contribution in [0.4, 0.5) is 0 Å². The van der Waals surface area contributed by atoms with Crippen molar-refractivity contribution in [1.29, 1.82) is 0 Å². The predicted molar refractivity (Wildman–Crippen MR) is 115 cm³/mol. The van der Waals surface area contributed by atoms with Crippen molar-refractivity contribution >= 4 is 15.8 Å². The van der Waals surface area contributed by atoms with Crippen LogP contribution in [0.15, 0.2) is 23.2 Å². The molecule has 8 heteroatoms. The molecule has 1 aromatic carbocycles. The summed E-state index contributed by atoms with van der Waals surface area (Å²) < 4.78 is 34.1. The Morgan fingerprint density at radius 2 is 1.89 bits per heavy atom. The number of ether oxygens (including phenoxy) is 2. The Labute approximate surface area is 169 Å². The highest BCUT2D eigenvalue weighted by atomic mass is 32.2. The molecule has 0 radical (unpaired) electrons. The van der Waals surface area contributed by atoms with Crippen molar-refractivity contribution in [3.63, 3.8) is 0 Å². The van der Waals surface area contributed by atoms with E-state index in [2.05, 4.69) is 15.6 Å². The average Bonchev–Trinajstić information content (AvgIpc) is 2.61. The van der Waals surface area contributed by atoms with E-state index < -0.39 is 14.6 Å². The summed E-state index contributed by atoms with van der Waals surface area (Å²) >= 11 is 0. The van der Waals surface area contributed by atoms with Crippen molar-refractivity contribution < 1.29 is 17.9 Å². The van der Waals surface area contributed by atoms with Crippen LogP contribution in [-0.2, 0) is 21.1 Å². The quantitative estimate of drug-likeness (QED) is 0.329. The number of aliphatic imine (C=N–C) groups is 1. The monoisotopic (exact) mass is 413 g/mol. The van der Waals surface area contributed by atoms with E-state index in [-0.39, 0.29) is 6.54 Å². The number of hydrogen-bond donors (Lipinski definition) is 2. The number of guanidine groups is 1. The molecule has 0 amide bonds. The van der Waals surface area contributed by atoms with Crippen LogP contribution in [0.1, 0.15) is 38.8 Å². The number of aryl methyl sites for hydroxylation is 1. The summed E-state index contributed by atoms with van der Waals surface area (Å²) in [6.07, 6.45) is 1.25. The largest absolute Gasteiger partial charge is 0.491 e. The molecule has 28 heavy (non-hydrogen) atoms. The van der Waals surface area contributed by atoms with Crippen LogP contribution in [0.25, 0.3) is 0 Å². The van der Waals surface area contributed by atoms with Gasteiger partial charge in [0.15, 0.2) is 15.8 Å². The minimum atomic E-state index is -3.18. The summed E-state index contributed by atoms with van der Waals surface area (Å²) in [5.74, 6) is 1.36. The summed E-state index contributed by atoms with van der Waals surface area (Å²) in [6, 6.07) is 6.01. The van der Waals surface area contributed by atoms with Crippen molar-refractivity contribution in [2.75, 3.05) is 39.2 Å². The SMILES string of the molecule is CCNC(=NCc1ccc(C)cc1OCCOCC)NCC(C)(C)S(C)(=O)=O. The molecule has 0 heterocycles. The van der Waals surface area contributed by atoms with Gasteiger partial charge in [0, 0.05) is 31.5 Å². The lowest BCUT2D eigenvalue weighted by molar-refractivity contribution is 0.110. The van der Waals surface area contributed by atoms with Crippen molar-refractivity contribution in [3.05, 3.63) is 29.3 Å². The maximum atomic E-state index is 11.9. The van der Waals surface area contributed by atoms with Crippen molar-refractivity contribution in [3.8, 4) is 5.75 Å². The molecule has 160 valence electrons. The fourth-order valence-corrected chi connectivity index (χ4v) is 2.55. The van der Waals surface area contributed by atoms with E-state index in [0.717, 1.165) is 16.9 Å². The molecule has 0 aliphatic rings. The number of nitrogens with zero attached hydrogens (tertiary/aromatic N) is 1. The Morgan fingerprint density at radius 1 is 1.18 bits per heavy atom. The topological polar surface area (TPSA) is 89.0 Å². The Hall–Kier alpha value is -1.80. The van der Waals surface area contributed by atoms with E-state index in [4.69, 9.17) is 9.47 Å². The fraction of sp³-hybridized carbons (Fsp3) is 0.650. The molecular weight excluding hydrogens is 378 g/mol. The van der Waals surface area contributed by atoms with E-state index in [1.165, 1.54) is 6.26 Å². The van der Waals surface area contributed by atoms with E-state index in [1.54, 1.807) is 13.8 Å². The number of hydrogen-bond acceptors (Lipinski definition) is 5. The van der Waals surface area contributed by atoms with Crippen LogP contribution >= 0.6 is 0 Å². The molecule has 0 aliphatic heterocycles. The summed E-state index contributed by atoms with van der Waals surface area (Å²) in [5, 5.41) is 6.28. The first kappa shape index (κ1) is 24.2. The Balaban J connectivity index is 2.86. The maximum Gasteiger partial charge on any atom is 0.191 e. The van der Waals surface area contributed by atoms with Gasteiger partial charge in [-0.15, -0.1) is 0 Å². The third-order valence-electron chi connectivity index (χ3n) is 4.35. The number of sulfone groups is 1. The van der Waals surface area contributed by atoms with Gasteiger partial charge >= 0.3 is 0 Å². The molecule has 1 aromatic rings. The first-order valence-corrected chi connectivity index (χ1v) is 11.5. The van der Waals surface area contributed by atoms with Crippen LogP contribution in [0.2, 0.25) is 0 Å². The van der Waals surface area contributed by atoms with Crippen LogP contribution in [-0.4, -0.2) is 58.3 Å². The second-order valence-corrected chi connectivity index (χ2v) is 9.89. The second kappa shape index (κ2) is 11.3. The van der Waals surface area contributed by atoms with Crippen LogP contribution in [0.3, 0.4) is 0 Å². The van der Waals surface area contributed by atoms with Gasteiger partial charge in [-0.2, -0.15) is 0 Å². The molecule has 0 aliphatic carbocycles. The summed E-state index contributed by atoms with van der Waals surface area (Å²) in [5.41, 5.74) is 2.07. The third kappa shape index (κ3) is 8.06. The summed E-state index contributed by atoms with van der Waals surface area (Å²) in [6.45, 7) is 12.4. The number of nitrogens with one attached hydrogen (secondary N) is 2. The van der Waals surface area contributed by atoms with Gasteiger partial charge in [-0.25, -0.2) is 13.4 Å². The highest BCUT2D eigenvalue weighted by Gasteiger charge is 2.30. The molecule has 0 saturated carbocycles. The van der Waals surface area contributed by atoms with Crippen molar-refractivity contribution in [2.45, 2.75) is 45.9 Å². The molecule has 0 unspecified atom stereocenters. The molecule has 0 spiro atoms. The van der Waals surface area contributed by atoms with Gasteiger partial charge in [-0.3, -0.25) is 0 Å². The van der Waals surface area contributed by atoms with Gasteiger partial charge in [-0.05, 0) is 46.2 Å². The first-order valence-electron chi connectivity index (χ1n) is 9.62. The van der Waals surface area contributed by atoms with E-state index in [1.807, 2.05) is 39.0 Å². The molecular formula is C20H35N3O4S. The molecule has 0 atom stereocenters. The molecule has 7 nitrogen and oxygen atoms in total. The Morgan fingerprint density at radius 3 is 2.50 bits per heavy atom. The zero-order valence-electron chi connectivity index (χ0n) is 18.0. The van der Waals surface area contributed by atoms with Gasteiger partial charge in [0.1, 0.15) is 12.4 Å². The molecule has 0 fully saturated rings. The molecule has 0 saturated heterocycles. The highest BCUT2D eigenvalue weighted by molar-refractivity contribution is 7.92. The molecule has 0 bridgehead atoms. The van der Waals surface area contributed by atoms with Gasteiger partial charge in [0.2, 0.25) is 0 Å². The van der Waals surface area contributed by atoms with Gasteiger partial charge in [0.05, 0.1) is 17.9 Å². The van der Waals surface area contributed by atoms with Gasteiger partial charge < -0.3 is 20.1 Å². The summed E-state index contributed by atoms with van der Waals surface area (Å²) in [4.78, 5) is 4.59. The third-order valence-corrected chi connectivity index (χ3v) is 6.50. The maximum absolute atomic E-state index is 11.9. The zero-order chi connectivity index (χ0) is 21.2. The smallest absolute Gasteiger partial charge is 0.191 e. The van der Waals surface area contributed by atoms with E-state index in [9.17, 15) is 8.42 Å². The van der Waals surface area contributed by atoms with Crippen molar-refractivity contribution in [1.82, 2.24) is 10.6 Å². The van der Waals surface area contributed by atoms with Gasteiger partial charge in [-0.1, -0.05) is 12.1 Å². The number of benzene rings is 1. The average molecular weight is 414 g/mol. The lowest BCUT2D eigenvalue weighted by Gasteiger charge is -2.24. The van der Waals surface area contributed by atoms with Crippen LogP contribution in [0.5, 0.6) is 5.75 Å². The van der Waals surface area contributed by atoms with E-state index >= 15 is 0 Å². The van der Waals surface area contributed by atoms with Crippen LogP contribution < -0.4 is 15.4 Å². The molecule has 2 N–H and O–H groups in total. The fourth-order valence-electron chi connectivity index (χ4n) is 2.22. The molecule has 1 rings (SSSR count). The summed E-state index contributed by atoms with van der Waals surface area (Å²) in [7, 11) is -3.18. The first-order chi connectivity index (χ1) is 13.1. The number of rotatable bonds is 11. The molecule has 0 aromatic heterocycles. The minimum Gasteiger partial charge on any atom is -0.491 e. The van der Waals surface area contributed by atoms with Gasteiger partial charge in [0.25, 0.3) is 0 Å². The second-order valence-electron chi connectivity index (χ2n) is 7.24. The lowest BCUT2D eigenvalue weighted by atomic mass is 10.1. The van der Waals surface area contributed by atoms with Crippen LogP contribution in [0, 0.1) is 6.92 Å². The zero-order valence-corrected chi connectivity index (χ0v) is 18.8. The highest BCUT2D eigenvalue weighted by Crippen LogP contribution is 2.21. The normalized spacial score (nSPS) is 12.7. The predicted octanol–water partition coefficient (Wildman–Crippen LogP) is 2.29. The Bertz CT molecular complexity index is 746. The van der Waals surface area contributed by atoms with Crippen molar-refractivity contribution in [2.24, 2.45) is 4.99 Å². The van der Waals surface area contributed by atoms with E-state index in [0.29, 0.717) is 38.9 Å². The Kier molecular flexibility index (Phi) is 9.75. The standard InChI is InChI=1S/C20H35N3O4S/c1-7-21-19(23-15-20(4,5)28(6,24)25)22-14-17-10-9-16(3)13-18(17)27-12-11-26-8-2/h9-10,13H,7-8,11-12,14-15H2,1-6H3,(H2,21,22,23). The minimum absolute atomic E-state index is 0.267. The lowest BCUT2D eigenvalue weighted by Crippen LogP contribution is -2.47.